The molecule has 20 heavy (non-hydrogen) atoms. The third-order valence-corrected chi connectivity index (χ3v) is 5.39. The zero-order valence-electron chi connectivity index (χ0n) is 11.1. The number of Topliss-reactive ketones (excluding diaryl/α,β-unsaturated/α-hetero) is 1. The van der Waals surface area contributed by atoms with Crippen molar-refractivity contribution in [3.05, 3.63) is 18.2 Å². The van der Waals surface area contributed by atoms with Crippen LogP contribution in [-0.4, -0.2) is 44.9 Å². The third-order valence-electron chi connectivity index (χ3n) is 3.88. The van der Waals surface area contributed by atoms with Gasteiger partial charge in [0.2, 0.25) is 0 Å². The lowest BCUT2D eigenvalue weighted by Crippen LogP contribution is -2.36. The second kappa shape index (κ2) is 5.87. The Hall–Kier alpha value is -1.50. The van der Waals surface area contributed by atoms with Crippen molar-refractivity contribution in [2.24, 2.45) is 0 Å². The van der Waals surface area contributed by atoms with E-state index in [1.807, 2.05) is 11.8 Å². The topological polar surface area (TPSA) is 86.9 Å². The molecule has 1 aromatic rings. The van der Waals surface area contributed by atoms with Crippen LogP contribution in [0, 0.1) is 0 Å². The maximum Gasteiger partial charge on any atom is 0.315 e. The standard InChI is InChI=1S/C13H18N4O2S/c18-10(8-5-14-7-15-8)3-1-2-4-11-12-9(6-20-11)16-13(19)17-12/h5,7,9,11-12H,1-4,6H2,(H,14,15)(H2,16,17,19)/t9-,11-,12-/m0/s1. The number of rotatable bonds is 6. The largest absolute Gasteiger partial charge is 0.342 e. The second-order valence-electron chi connectivity index (χ2n) is 5.26. The number of urea groups is 1. The normalized spacial score (nSPS) is 28.0. The molecule has 3 atom stereocenters. The number of nitrogens with zero attached hydrogens (tertiary/aromatic N) is 1. The summed E-state index contributed by atoms with van der Waals surface area (Å²) in [6.07, 6.45) is 6.59. The molecular weight excluding hydrogens is 276 g/mol. The number of amides is 2. The predicted molar refractivity (Wildman–Crippen MR) is 76.9 cm³/mol. The molecule has 2 fully saturated rings. The van der Waals surface area contributed by atoms with Crippen LogP contribution >= 0.6 is 11.8 Å². The van der Waals surface area contributed by atoms with Gasteiger partial charge in [0, 0.05) is 17.4 Å². The molecule has 0 radical (unpaired) electrons. The molecule has 0 bridgehead atoms. The van der Waals surface area contributed by atoms with Gasteiger partial charge in [0.05, 0.1) is 24.6 Å². The zero-order valence-corrected chi connectivity index (χ0v) is 11.9. The summed E-state index contributed by atoms with van der Waals surface area (Å²) in [4.78, 5) is 29.7. The van der Waals surface area contributed by atoms with Crippen LogP contribution in [0.15, 0.2) is 12.5 Å². The summed E-state index contributed by atoms with van der Waals surface area (Å²) in [5, 5.41) is 6.40. The number of hydrogen-bond donors (Lipinski definition) is 3. The number of carbonyl (C=O) groups excluding carboxylic acids is 2. The first-order chi connectivity index (χ1) is 9.74. The van der Waals surface area contributed by atoms with Crippen LogP contribution in [0.25, 0.3) is 0 Å². The van der Waals surface area contributed by atoms with E-state index in [1.54, 1.807) is 6.20 Å². The summed E-state index contributed by atoms with van der Waals surface area (Å²) in [6, 6.07) is 0.500. The minimum absolute atomic E-state index is 0.0419. The summed E-state index contributed by atoms with van der Waals surface area (Å²) in [5.41, 5.74) is 0.590. The van der Waals surface area contributed by atoms with Crippen LogP contribution in [0.1, 0.15) is 36.2 Å². The summed E-state index contributed by atoms with van der Waals surface area (Å²) in [5.74, 6) is 1.11. The van der Waals surface area contributed by atoms with Gasteiger partial charge in [-0.2, -0.15) is 11.8 Å². The smallest absolute Gasteiger partial charge is 0.315 e. The zero-order chi connectivity index (χ0) is 13.9. The fraction of sp³-hybridized carbons (Fsp3) is 0.615. The Balaban J connectivity index is 1.38. The number of aromatic amines is 1. The molecular formula is C13H18N4O2S. The number of ketones is 1. The lowest BCUT2D eigenvalue weighted by molar-refractivity contribution is 0.0975. The Morgan fingerprint density at radius 1 is 1.40 bits per heavy atom. The molecule has 0 unspecified atom stereocenters. The summed E-state index contributed by atoms with van der Waals surface area (Å²) >= 11 is 1.91. The van der Waals surface area contributed by atoms with Gasteiger partial charge in [-0.3, -0.25) is 4.79 Å². The van der Waals surface area contributed by atoms with Crippen LogP contribution in [0.4, 0.5) is 4.79 Å². The van der Waals surface area contributed by atoms with Crippen molar-refractivity contribution in [2.75, 3.05) is 5.75 Å². The first-order valence-corrected chi connectivity index (χ1v) is 7.99. The van der Waals surface area contributed by atoms with Gasteiger partial charge in [-0.1, -0.05) is 6.42 Å². The fourth-order valence-corrected chi connectivity index (χ4v) is 4.36. The van der Waals surface area contributed by atoms with Gasteiger partial charge in [-0.15, -0.1) is 0 Å². The highest BCUT2D eigenvalue weighted by Crippen LogP contribution is 2.33. The van der Waals surface area contributed by atoms with Gasteiger partial charge >= 0.3 is 6.03 Å². The molecule has 3 rings (SSSR count). The van der Waals surface area contributed by atoms with Crippen LogP contribution in [0.2, 0.25) is 0 Å². The van der Waals surface area contributed by atoms with Crippen LogP contribution < -0.4 is 10.6 Å². The Kier molecular flexibility index (Phi) is 3.95. The average Bonchev–Trinajstić information content (AvgIpc) is 3.11. The van der Waals surface area contributed by atoms with Crippen molar-refractivity contribution in [1.82, 2.24) is 20.6 Å². The molecule has 1 aromatic heterocycles. The number of aromatic nitrogens is 2. The number of carbonyl (C=O) groups is 2. The van der Waals surface area contributed by atoms with E-state index in [0.29, 0.717) is 17.4 Å². The molecule has 0 aliphatic carbocycles. The molecule has 0 saturated carbocycles. The summed E-state index contributed by atoms with van der Waals surface area (Å²) < 4.78 is 0. The van der Waals surface area contributed by atoms with E-state index in [1.165, 1.54) is 6.33 Å². The van der Waals surface area contributed by atoms with E-state index in [9.17, 15) is 9.59 Å². The van der Waals surface area contributed by atoms with Crippen LogP contribution in [0.3, 0.4) is 0 Å². The predicted octanol–water partition coefficient (Wildman–Crippen LogP) is 1.32. The number of unbranched alkanes of at least 4 members (excludes halogenated alkanes) is 1. The first kappa shape index (κ1) is 13.5. The first-order valence-electron chi connectivity index (χ1n) is 6.94. The van der Waals surface area contributed by atoms with Gasteiger partial charge in [-0.25, -0.2) is 9.78 Å². The highest BCUT2D eigenvalue weighted by molar-refractivity contribution is 8.00. The Morgan fingerprint density at radius 2 is 2.30 bits per heavy atom. The highest BCUT2D eigenvalue weighted by atomic mass is 32.2. The van der Waals surface area contributed by atoms with Crippen molar-refractivity contribution in [2.45, 2.75) is 43.0 Å². The minimum Gasteiger partial charge on any atom is -0.342 e. The maximum atomic E-state index is 11.8. The number of nitrogens with one attached hydrogen (secondary N) is 3. The SMILES string of the molecule is O=C1N[C@H]2[C@H](CS[C@H]2CCCCC(=O)c2cnc[nH]2)N1. The van der Waals surface area contributed by atoms with E-state index in [2.05, 4.69) is 20.6 Å². The lowest BCUT2D eigenvalue weighted by Gasteiger charge is -2.16. The number of thioether (sulfide) groups is 1. The van der Waals surface area contributed by atoms with Gasteiger partial charge in [-0.05, 0) is 12.8 Å². The Labute approximate surface area is 121 Å². The maximum absolute atomic E-state index is 11.8. The van der Waals surface area contributed by atoms with Crippen LogP contribution in [0.5, 0.6) is 0 Å². The van der Waals surface area contributed by atoms with Crippen molar-refractivity contribution in [1.29, 1.82) is 0 Å². The van der Waals surface area contributed by atoms with Crippen molar-refractivity contribution in [3.63, 3.8) is 0 Å². The molecule has 2 aliphatic heterocycles. The monoisotopic (exact) mass is 294 g/mol. The molecule has 3 N–H and O–H groups in total. The Morgan fingerprint density at radius 3 is 3.10 bits per heavy atom. The molecule has 3 heterocycles. The second-order valence-corrected chi connectivity index (χ2v) is 6.53. The van der Waals surface area contributed by atoms with E-state index in [-0.39, 0.29) is 23.9 Å². The van der Waals surface area contributed by atoms with Crippen LogP contribution in [-0.2, 0) is 0 Å². The number of H-pyrrole nitrogens is 1. The van der Waals surface area contributed by atoms with Crippen molar-refractivity contribution >= 4 is 23.6 Å². The highest BCUT2D eigenvalue weighted by Gasteiger charge is 2.42. The molecule has 2 aliphatic rings. The van der Waals surface area contributed by atoms with Gasteiger partial charge in [0.15, 0.2) is 5.78 Å². The molecule has 0 spiro atoms. The number of fused-ring (bicyclic) bond motifs is 1. The molecule has 2 saturated heterocycles. The molecule has 7 heteroatoms. The third kappa shape index (κ3) is 2.82. The van der Waals surface area contributed by atoms with E-state index in [0.717, 1.165) is 25.0 Å². The van der Waals surface area contributed by atoms with Crippen molar-refractivity contribution < 1.29 is 9.59 Å². The summed E-state index contributed by atoms with van der Waals surface area (Å²) in [6.45, 7) is 0. The lowest BCUT2D eigenvalue weighted by atomic mass is 10.0. The van der Waals surface area contributed by atoms with E-state index >= 15 is 0 Å². The number of imidazole rings is 1. The average molecular weight is 294 g/mol. The fourth-order valence-electron chi connectivity index (χ4n) is 2.82. The molecule has 108 valence electrons. The molecule has 2 amide bonds. The Bertz CT molecular complexity index is 491. The molecule has 0 aromatic carbocycles. The van der Waals surface area contributed by atoms with Gasteiger partial charge < -0.3 is 15.6 Å². The van der Waals surface area contributed by atoms with Gasteiger partial charge in [0.25, 0.3) is 0 Å². The summed E-state index contributed by atoms with van der Waals surface area (Å²) in [7, 11) is 0. The quantitative estimate of drug-likeness (QED) is 0.419. The minimum atomic E-state index is -0.0419. The molecule has 6 nitrogen and oxygen atoms in total. The number of hydrogen-bond acceptors (Lipinski definition) is 4. The van der Waals surface area contributed by atoms with E-state index < -0.39 is 0 Å². The van der Waals surface area contributed by atoms with Gasteiger partial charge in [0.1, 0.15) is 5.69 Å². The van der Waals surface area contributed by atoms with Crippen molar-refractivity contribution in [3.8, 4) is 0 Å². The van der Waals surface area contributed by atoms with E-state index in [4.69, 9.17) is 0 Å².